The van der Waals surface area contributed by atoms with Gasteiger partial charge >= 0.3 is 0 Å². The van der Waals surface area contributed by atoms with Crippen LogP contribution in [-0.2, 0) is 11.3 Å². The van der Waals surface area contributed by atoms with Crippen LogP contribution >= 0.6 is 34.5 Å². The lowest BCUT2D eigenvalue weighted by Crippen LogP contribution is -2.16. The molecule has 1 amide bonds. The van der Waals surface area contributed by atoms with Crippen molar-refractivity contribution in [2.75, 3.05) is 0 Å². The molecule has 0 spiro atoms. The Morgan fingerprint density at radius 1 is 1.48 bits per heavy atom. The van der Waals surface area contributed by atoms with Crippen LogP contribution in [-0.4, -0.2) is 10.5 Å². The van der Waals surface area contributed by atoms with Crippen LogP contribution in [0.5, 0.6) is 0 Å². The lowest BCUT2D eigenvalue weighted by molar-refractivity contribution is -0.118. The van der Waals surface area contributed by atoms with Crippen molar-refractivity contribution < 1.29 is 4.79 Å². The van der Waals surface area contributed by atoms with Gasteiger partial charge in [0.15, 0.2) is 4.80 Å². The van der Waals surface area contributed by atoms with Gasteiger partial charge in [0.1, 0.15) is 0 Å². The summed E-state index contributed by atoms with van der Waals surface area (Å²) in [5, 5.41) is 1.05. The number of halogens is 2. The van der Waals surface area contributed by atoms with E-state index in [1.165, 1.54) is 11.3 Å². The smallest absolute Gasteiger partial charge is 0.248 e. The minimum absolute atomic E-state index is 0.142. The molecule has 1 aromatic carbocycles. The summed E-state index contributed by atoms with van der Waals surface area (Å²) < 4.78 is 2.65. The Hall–Kier alpha value is -1.28. The molecule has 1 heterocycles. The molecule has 0 saturated heterocycles. The highest BCUT2D eigenvalue weighted by Crippen LogP contribution is 2.29. The summed E-state index contributed by atoms with van der Waals surface area (Å²) in [6.45, 7) is 2.34. The topological polar surface area (TPSA) is 34.4 Å². The van der Waals surface area contributed by atoms with Gasteiger partial charge in [-0.2, -0.15) is 4.99 Å². The Balaban J connectivity index is 2.61. The molecular formula is C15H14Cl2N2OS. The van der Waals surface area contributed by atoms with E-state index in [-0.39, 0.29) is 5.91 Å². The van der Waals surface area contributed by atoms with Crippen LogP contribution in [0.1, 0.15) is 26.2 Å². The van der Waals surface area contributed by atoms with Crippen LogP contribution in [0.3, 0.4) is 0 Å². The number of unbranched alkanes of at least 4 members (excludes halogenated alkanes) is 1. The Labute approximate surface area is 137 Å². The van der Waals surface area contributed by atoms with E-state index in [2.05, 4.69) is 10.9 Å². The number of hydrogen-bond donors (Lipinski definition) is 0. The first kappa shape index (κ1) is 16.1. The van der Waals surface area contributed by atoms with E-state index in [4.69, 9.17) is 29.6 Å². The molecule has 110 valence electrons. The highest BCUT2D eigenvalue weighted by molar-refractivity contribution is 7.16. The number of terminal acetylenes is 1. The number of thiazole rings is 1. The van der Waals surface area contributed by atoms with Crippen LogP contribution in [0, 0.1) is 12.3 Å². The van der Waals surface area contributed by atoms with Crippen molar-refractivity contribution in [3.05, 3.63) is 27.0 Å². The van der Waals surface area contributed by atoms with Crippen molar-refractivity contribution in [2.45, 2.75) is 32.7 Å². The number of aromatic nitrogens is 1. The van der Waals surface area contributed by atoms with Gasteiger partial charge in [0.05, 0.1) is 21.8 Å². The summed E-state index contributed by atoms with van der Waals surface area (Å²) in [5.74, 6) is 2.43. The average Bonchev–Trinajstić information content (AvgIpc) is 2.74. The predicted octanol–water partition coefficient (Wildman–Crippen LogP) is 4.26. The Morgan fingerprint density at radius 2 is 2.24 bits per heavy atom. The summed E-state index contributed by atoms with van der Waals surface area (Å²) >= 11 is 13.6. The minimum atomic E-state index is -0.142. The third kappa shape index (κ3) is 3.68. The Kier molecular flexibility index (Phi) is 5.46. The van der Waals surface area contributed by atoms with Crippen molar-refractivity contribution in [1.29, 1.82) is 0 Å². The zero-order valence-electron chi connectivity index (χ0n) is 11.5. The molecule has 0 radical (unpaired) electrons. The molecule has 6 heteroatoms. The molecule has 0 bridgehead atoms. The molecule has 0 saturated carbocycles. The van der Waals surface area contributed by atoms with Gasteiger partial charge in [-0.05, 0) is 18.6 Å². The fourth-order valence-corrected chi connectivity index (χ4v) is 3.77. The Morgan fingerprint density at radius 3 is 2.90 bits per heavy atom. The number of nitrogens with zero attached hydrogens (tertiary/aromatic N) is 2. The summed E-state index contributed by atoms with van der Waals surface area (Å²) in [7, 11) is 0. The van der Waals surface area contributed by atoms with Gasteiger partial charge in [-0.1, -0.05) is 53.8 Å². The van der Waals surface area contributed by atoms with E-state index in [1.807, 2.05) is 6.92 Å². The fourth-order valence-electron chi connectivity index (χ4n) is 1.94. The number of fused-ring (bicyclic) bond motifs is 1. The van der Waals surface area contributed by atoms with Crippen molar-refractivity contribution >= 4 is 50.7 Å². The van der Waals surface area contributed by atoms with Crippen molar-refractivity contribution in [2.24, 2.45) is 4.99 Å². The summed E-state index contributed by atoms with van der Waals surface area (Å²) in [6.07, 6.45) is 7.63. The second-order valence-corrected chi connectivity index (χ2v) is 6.37. The molecule has 0 fully saturated rings. The zero-order chi connectivity index (χ0) is 15.4. The average molecular weight is 341 g/mol. The molecule has 0 unspecified atom stereocenters. The van der Waals surface area contributed by atoms with Crippen molar-refractivity contribution in [3.63, 3.8) is 0 Å². The van der Waals surface area contributed by atoms with Crippen LogP contribution in [0.4, 0.5) is 0 Å². The SMILES string of the molecule is C#CCn1c(=NC(=O)CCCC)sc2cc(Cl)cc(Cl)c21. The first-order chi connectivity index (χ1) is 10.1. The van der Waals surface area contributed by atoms with Crippen LogP contribution in [0.2, 0.25) is 10.0 Å². The van der Waals surface area contributed by atoms with Crippen molar-refractivity contribution in [3.8, 4) is 12.3 Å². The van der Waals surface area contributed by atoms with E-state index < -0.39 is 0 Å². The van der Waals surface area contributed by atoms with Gasteiger partial charge in [-0.15, -0.1) is 6.42 Å². The summed E-state index contributed by atoms with van der Waals surface area (Å²) in [4.78, 5) is 16.6. The molecule has 2 aromatic rings. The third-order valence-electron chi connectivity index (χ3n) is 2.91. The van der Waals surface area contributed by atoms with E-state index in [1.54, 1.807) is 16.7 Å². The monoisotopic (exact) mass is 340 g/mol. The number of hydrogen-bond acceptors (Lipinski definition) is 2. The van der Waals surface area contributed by atoms with Crippen LogP contribution < -0.4 is 4.80 Å². The summed E-state index contributed by atoms with van der Waals surface area (Å²) in [5.41, 5.74) is 0.769. The quantitative estimate of drug-likeness (QED) is 0.765. The van der Waals surface area contributed by atoms with E-state index in [0.29, 0.717) is 27.8 Å². The van der Waals surface area contributed by atoms with Gasteiger partial charge in [0.25, 0.3) is 0 Å². The second-order valence-electron chi connectivity index (χ2n) is 4.52. The highest BCUT2D eigenvalue weighted by atomic mass is 35.5. The first-order valence-corrected chi connectivity index (χ1v) is 8.13. The maximum Gasteiger partial charge on any atom is 0.248 e. The van der Waals surface area contributed by atoms with Crippen LogP contribution in [0.15, 0.2) is 17.1 Å². The van der Waals surface area contributed by atoms with E-state index in [0.717, 1.165) is 23.1 Å². The second kappa shape index (κ2) is 7.13. The lowest BCUT2D eigenvalue weighted by atomic mass is 10.2. The van der Waals surface area contributed by atoms with Crippen molar-refractivity contribution in [1.82, 2.24) is 4.57 Å². The van der Waals surface area contributed by atoms with Crippen LogP contribution in [0.25, 0.3) is 10.2 Å². The third-order valence-corrected chi connectivity index (χ3v) is 4.44. The largest absolute Gasteiger partial charge is 0.303 e. The number of benzene rings is 1. The predicted molar refractivity (Wildman–Crippen MR) is 88.8 cm³/mol. The van der Waals surface area contributed by atoms with E-state index >= 15 is 0 Å². The lowest BCUT2D eigenvalue weighted by Gasteiger charge is -2.02. The van der Waals surface area contributed by atoms with Gasteiger partial charge in [-0.25, -0.2) is 0 Å². The highest BCUT2D eigenvalue weighted by Gasteiger charge is 2.11. The van der Waals surface area contributed by atoms with Gasteiger partial charge in [-0.3, -0.25) is 4.79 Å². The Bertz CT molecular complexity index is 783. The van der Waals surface area contributed by atoms with E-state index in [9.17, 15) is 4.79 Å². The molecule has 21 heavy (non-hydrogen) atoms. The zero-order valence-corrected chi connectivity index (χ0v) is 13.9. The van der Waals surface area contributed by atoms with Gasteiger partial charge in [0, 0.05) is 11.4 Å². The number of carbonyl (C=O) groups excluding carboxylic acids is 1. The van der Waals surface area contributed by atoms with Gasteiger partial charge < -0.3 is 4.57 Å². The molecule has 3 nitrogen and oxygen atoms in total. The molecule has 1 aromatic heterocycles. The first-order valence-electron chi connectivity index (χ1n) is 6.56. The molecule has 0 atom stereocenters. The number of rotatable bonds is 4. The molecular weight excluding hydrogens is 327 g/mol. The maximum absolute atomic E-state index is 11.9. The number of amides is 1. The maximum atomic E-state index is 11.9. The molecule has 0 aliphatic heterocycles. The minimum Gasteiger partial charge on any atom is -0.303 e. The standard InChI is InChI=1S/C15H14Cl2N2OS/c1-3-5-6-13(20)18-15-19(7-4-2)14-11(17)8-10(16)9-12(14)21-15/h2,8-9H,3,5-7H2,1H3. The van der Waals surface area contributed by atoms with Gasteiger partial charge in [0.2, 0.25) is 5.91 Å². The molecule has 0 aliphatic rings. The fraction of sp³-hybridized carbons (Fsp3) is 0.333. The molecule has 0 N–H and O–H groups in total. The summed E-state index contributed by atoms with van der Waals surface area (Å²) in [6, 6.07) is 3.46. The molecule has 0 aliphatic carbocycles. The number of carbonyl (C=O) groups is 1. The molecule has 2 rings (SSSR count). The normalized spacial score (nSPS) is 11.8.